The number of rotatable bonds is 9. The van der Waals surface area contributed by atoms with E-state index < -0.39 is 92.3 Å². The van der Waals surface area contributed by atoms with E-state index in [9.17, 15) is 32.3 Å². The summed E-state index contributed by atoms with van der Waals surface area (Å²) >= 11 is 6.41. The Labute approximate surface area is 356 Å². The highest BCUT2D eigenvalue weighted by Crippen LogP contribution is 2.48. The number of ether oxygens (including phenoxy) is 1. The number of imidazole rings is 1. The molecule has 7 atom stereocenters. The van der Waals surface area contributed by atoms with Crippen molar-refractivity contribution < 1.29 is 50.6 Å². The molecule has 4 heterocycles. The Bertz CT molecular complexity index is 2420. The molecule has 1 aromatic carbocycles. The predicted molar refractivity (Wildman–Crippen MR) is 218 cm³/mol. The molecule has 2 saturated carbocycles. The van der Waals surface area contributed by atoms with E-state index in [0.717, 1.165) is 18.7 Å². The molecule has 2 aromatic heterocycles. The smallest absolute Gasteiger partial charge is 0.408 e. The van der Waals surface area contributed by atoms with Crippen molar-refractivity contribution >= 4 is 62.1 Å². The number of benzene rings is 1. The molecule has 15 nitrogen and oxygen atoms in total. The fourth-order valence-electron chi connectivity index (χ4n) is 8.84. The van der Waals surface area contributed by atoms with Crippen LogP contribution in [0.25, 0.3) is 16.7 Å². The van der Waals surface area contributed by atoms with E-state index in [4.69, 9.17) is 16.3 Å². The predicted octanol–water partition coefficient (Wildman–Crippen LogP) is 5.81. The van der Waals surface area contributed by atoms with Crippen molar-refractivity contribution in [2.24, 2.45) is 17.8 Å². The number of aryl methyl sites for hydroxylation is 1. The second-order valence-corrected chi connectivity index (χ2v) is 20.5. The molecule has 4 amide bonds. The minimum Gasteiger partial charge on any atom is -0.472 e. The summed E-state index contributed by atoms with van der Waals surface area (Å²) in [7, 11) is -4.49. The minimum atomic E-state index is -4.49. The van der Waals surface area contributed by atoms with E-state index >= 15 is 13.6 Å². The molecule has 61 heavy (non-hydrogen) atoms. The molecule has 2 aliphatic heterocycles. The van der Waals surface area contributed by atoms with Crippen molar-refractivity contribution in [1.82, 2.24) is 34.2 Å². The van der Waals surface area contributed by atoms with Gasteiger partial charge in [0.25, 0.3) is 11.8 Å². The van der Waals surface area contributed by atoms with Gasteiger partial charge in [0.05, 0.1) is 23.1 Å². The van der Waals surface area contributed by atoms with E-state index in [1.807, 2.05) is 11.6 Å². The first kappa shape index (κ1) is 44.4. The lowest BCUT2D eigenvalue weighted by Gasteiger charge is -2.47. The van der Waals surface area contributed by atoms with Gasteiger partial charge in [-0.2, -0.15) is 4.98 Å². The highest BCUT2D eigenvalue weighted by molar-refractivity contribution is 7.91. The summed E-state index contributed by atoms with van der Waals surface area (Å²) in [6.07, 6.45) is 3.52. The molecule has 0 unspecified atom stereocenters. The number of nitrogens with zero attached hydrogens (tertiary/aromatic N) is 5. The summed E-state index contributed by atoms with van der Waals surface area (Å²) in [6.45, 7) is 6.41. The van der Waals surface area contributed by atoms with Gasteiger partial charge in [-0.05, 0) is 89.3 Å². The van der Waals surface area contributed by atoms with Crippen LogP contribution in [0.1, 0.15) is 85.3 Å². The second-order valence-electron chi connectivity index (χ2n) is 18.0. The first-order chi connectivity index (χ1) is 28.4. The molecule has 2 aliphatic carbocycles. The van der Waals surface area contributed by atoms with Crippen molar-refractivity contribution in [1.29, 1.82) is 0 Å². The number of hydrogen-bond donors (Lipinski definition) is 3. The third-order valence-electron chi connectivity index (χ3n) is 13.1. The van der Waals surface area contributed by atoms with E-state index in [0.29, 0.717) is 46.3 Å². The number of amides is 4. The van der Waals surface area contributed by atoms with Crippen LogP contribution in [0.4, 0.5) is 18.0 Å². The monoisotopic (exact) mass is 893 g/mol. The van der Waals surface area contributed by atoms with Gasteiger partial charge in [-0.15, -0.1) is 0 Å². The fraction of sp³-hybridized carbons (Fsp3) is 0.610. The Balaban J connectivity index is 1.31. The van der Waals surface area contributed by atoms with Gasteiger partial charge in [0.15, 0.2) is 0 Å². The highest BCUT2D eigenvalue weighted by atomic mass is 35.5. The maximum atomic E-state index is 15.4. The molecule has 1 saturated heterocycles. The summed E-state index contributed by atoms with van der Waals surface area (Å²) in [5.74, 6) is -7.85. The van der Waals surface area contributed by atoms with Crippen LogP contribution in [0.15, 0.2) is 36.5 Å². The Kier molecular flexibility index (Phi) is 11.4. The molecule has 3 N–H and O–H groups in total. The number of sulfonamides is 1. The number of carbonyl (C=O) groups is 4. The molecule has 7 rings (SSSR count). The molecule has 20 heteroatoms. The van der Waals surface area contributed by atoms with Gasteiger partial charge in [-0.25, -0.2) is 31.4 Å². The molecule has 3 aromatic rings. The molecule has 3 fully saturated rings. The van der Waals surface area contributed by atoms with Crippen LogP contribution < -0.4 is 14.8 Å². The summed E-state index contributed by atoms with van der Waals surface area (Å²) in [5, 5.41) is 14.2. The van der Waals surface area contributed by atoms with Crippen LogP contribution in [0.5, 0.6) is 5.88 Å². The zero-order valence-corrected chi connectivity index (χ0v) is 36.3. The maximum Gasteiger partial charge on any atom is 0.408 e. The van der Waals surface area contributed by atoms with Crippen molar-refractivity contribution in [3.63, 3.8) is 0 Å². The largest absolute Gasteiger partial charge is 0.472 e. The molecule has 0 spiro atoms. The number of fused-ring (bicyclic) bond motifs is 5. The zero-order valence-electron chi connectivity index (χ0n) is 34.8. The lowest BCUT2D eigenvalue weighted by atomic mass is 9.84. The molecule has 4 aliphatic rings. The second kappa shape index (κ2) is 15.6. The summed E-state index contributed by atoms with van der Waals surface area (Å²) < 4.78 is 79.8. The number of aromatic nitrogens is 3. The first-order valence-electron chi connectivity index (χ1n) is 20.4. The van der Waals surface area contributed by atoms with Crippen molar-refractivity contribution in [2.45, 2.75) is 126 Å². The van der Waals surface area contributed by atoms with Gasteiger partial charge in [0.1, 0.15) is 40.7 Å². The third kappa shape index (κ3) is 8.00. The van der Waals surface area contributed by atoms with Crippen LogP contribution in [-0.4, -0.2) is 115 Å². The van der Waals surface area contributed by atoms with Gasteiger partial charge in [0, 0.05) is 30.5 Å². The van der Waals surface area contributed by atoms with Crippen LogP contribution in [0, 0.1) is 24.7 Å². The lowest BCUT2D eigenvalue weighted by molar-refractivity contribution is -0.156. The van der Waals surface area contributed by atoms with Gasteiger partial charge >= 0.3 is 6.09 Å². The first-order valence-corrected chi connectivity index (χ1v) is 22.2. The van der Waals surface area contributed by atoms with Crippen molar-refractivity contribution in [3.05, 3.63) is 47.3 Å². The number of carbonyl (C=O) groups excluding carboxylic acids is 3. The third-order valence-corrected chi connectivity index (χ3v) is 15.5. The number of halogens is 4. The average molecular weight is 894 g/mol. The molecular weight excluding hydrogens is 843 g/mol. The average Bonchev–Trinajstić information content (AvgIpc) is 4.02. The topological polar surface area (TPSA) is 193 Å². The van der Waals surface area contributed by atoms with E-state index in [1.54, 1.807) is 54.8 Å². The highest BCUT2D eigenvalue weighted by Gasteiger charge is 2.64. The Morgan fingerprint density at radius 2 is 1.85 bits per heavy atom. The standard InChI is InChI=1S/C41H51ClF3N7O8S/c1-22-9-7-8-10-25-18-41(25,35(55)49-61(58,59)40(21-43)13-14-40)48-32(53)30-17-27(60-33-28-16-26(42)11-12-29(28)51-19-24(3)46-36(51)47-33)20-50(30)34(54)31(23(2)15-22)52(37(56)57)38(4,5)39(6,44)45/h8,10-12,16,19,22-23,25,27,30-31H,7,9,13-15,17-18,20-21H2,1-6H3,(H,48,53)(H,49,55)(H,56,57)/b10-8-/t22-,23-,25-,27-,30+,31+,41-/m1/s1. The van der Waals surface area contributed by atoms with Crippen LogP contribution in [-0.2, 0) is 24.4 Å². The van der Waals surface area contributed by atoms with Gasteiger partial charge < -0.3 is 20.1 Å². The fourth-order valence-corrected chi connectivity index (χ4v) is 10.4. The number of allylic oxidation sites excluding steroid dienone is 1. The SMILES string of the molecule is Cc1cn2c(n1)nc(O[C@@H]1C[C@H]3C(=O)N[C@]4(C(=O)NS(=O)(=O)C5(CF)CC5)C[C@H]4/C=C\CC[C@@H](C)C[C@@H](C)[C@H](N(C(=O)O)C(C)(C)C(C)(F)F)C(=O)N3C1)c1cc(Cl)ccc12. The quantitative estimate of drug-likeness (QED) is 0.221. The number of alkyl halides is 3. The van der Waals surface area contributed by atoms with E-state index in [-0.39, 0.29) is 56.2 Å². The Morgan fingerprint density at radius 3 is 2.49 bits per heavy atom. The summed E-state index contributed by atoms with van der Waals surface area (Å²) in [6, 6.07) is 1.86. The molecular formula is C41H51ClF3N7O8S. The van der Waals surface area contributed by atoms with Crippen molar-refractivity contribution in [2.75, 3.05) is 13.2 Å². The van der Waals surface area contributed by atoms with E-state index in [1.165, 1.54) is 0 Å². The Hall–Kier alpha value is -4.65. The van der Waals surface area contributed by atoms with E-state index in [2.05, 4.69) is 15.3 Å². The summed E-state index contributed by atoms with van der Waals surface area (Å²) in [5.41, 5.74) is -2.94. The molecule has 0 bridgehead atoms. The maximum absolute atomic E-state index is 15.4. The normalized spacial score (nSPS) is 28.9. The lowest BCUT2D eigenvalue weighted by Crippen LogP contribution is -2.66. The van der Waals surface area contributed by atoms with Crippen LogP contribution in [0.3, 0.4) is 0 Å². The molecule has 332 valence electrons. The number of carboxylic acid groups (broad SMARTS) is 1. The minimum absolute atomic E-state index is 0.0119. The van der Waals surface area contributed by atoms with Gasteiger partial charge in [-0.3, -0.25) is 28.4 Å². The number of nitrogens with one attached hydrogen (secondary N) is 2. The van der Waals surface area contributed by atoms with Crippen LogP contribution in [0.2, 0.25) is 5.02 Å². The number of hydrogen-bond acceptors (Lipinski definition) is 9. The van der Waals surface area contributed by atoms with Gasteiger partial charge in [0.2, 0.25) is 33.5 Å². The van der Waals surface area contributed by atoms with Gasteiger partial charge in [-0.1, -0.05) is 37.6 Å². The Morgan fingerprint density at radius 1 is 1.15 bits per heavy atom. The summed E-state index contributed by atoms with van der Waals surface area (Å²) in [4.78, 5) is 67.8. The van der Waals surface area contributed by atoms with Crippen molar-refractivity contribution in [3.8, 4) is 5.88 Å². The van der Waals surface area contributed by atoms with Crippen LogP contribution >= 0.6 is 11.6 Å². The molecule has 0 radical (unpaired) electrons. The zero-order chi connectivity index (χ0) is 44.6.